The monoisotopic (exact) mass is 1310 g/mol. The minimum Gasteiger partial charge on any atom is -0.308 e. The highest BCUT2D eigenvalue weighted by molar-refractivity contribution is 9.10. The largest absolute Gasteiger partial charge is 0.308 e. The Labute approximate surface area is 550 Å². The van der Waals surface area contributed by atoms with Gasteiger partial charge in [-0.25, -0.2) is 0 Å². The summed E-state index contributed by atoms with van der Waals surface area (Å²) in [6.07, 6.45) is 76.4. The van der Waals surface area contributed by atoms with E-state index in [1.165, 1.54) is 334 Å². The van der Waals surface area contributed by atoms with Crippen molar-refractivity contribution in [2.24, 2.45) is 11.8 Å². The quantitative estimate of drug-likeness (QED) is 0.0489. The first-order chi connectivity index (χ1) is 42.3. The summed E-state index contributed by atoms with van der Waals surface area (Å²) < 4.78 is 1.95. The number of carbonyl (C=O) groups is 2. The Kier molecular flexibility index (Phi) is 46.0. The Balaban J connectivity index is 1.36. The van der Waals surface area contributed by atoms with Crippen molar-refractivity contribution in [3.63, 3.8) is 0 Å². The third-order valence-corrected chi connectivity index (χ3v) is 21.0. The molecule has 0 atom stereocenters. The first-order valence-corrected chi connectivity index (χ1v) is 39.9. The van der Waals surface area contributed by atoms with Gasteiger partial charge < -0.3 is 9.80 Å². The zero-order valence-corrected chi connectivity index (χ0v) is 60.3. The van der Waals surface area contributed by atoms with E-state index in [0.717, 1.165) is 57.1 Å². The molecule has 2 amide bonds. The maximum absolute atomic E-state index is 15.1. The van der Waals surface area contributed by atoms with Gasteiger partial charge >= 0.3 is 0 Å². The number of halogens is 2. The van der Waals surface area contributed by atoms with Crippen LogP contribution in [0, 0.1) is 11.8 Å². The summed E-state index contributed by atoms with van der Waals surface area (Å²) in [4.78, 5) is 34.4. The number of anilines is 2. The van der Waals surface area contributed by atoms with Crippen LogP contribution in [-0.2, 0) is 9.59 Å². The van der Waals surface area contributed by atoms with Crippen LogP contribution in [0.5, 0.6) is 0 Å². The third kappa shape index (κ3) is 32.9. The second kappa shape index (κ2) is 51.7. The number of hydrogen-bond acceptors (Lipinski definition) is 2. The van der Waals surface area contributed by atoms with Gasteiger partial charge in [-0.2, -0.15) is 0 Å². The van der Waals surface area contributed by atoms with Crippen LogP contribution in [0.2, 0.25) is 0 Å². The van der Waals surface area contributed by atoms with Crippen molar-refractivity contribution in [2.45, 2.75) is 387 Å². The van der Waals surface area contributed by atoms with Gasteiger partial charge in [-0.15, -0.1) is 0 Å². The molecule has 0 radical (unpaired) electrons. The van der Waals surface area contributed by atoms with Crippen LogP contribution in [0.3, 0.4) is 0 Å². The number of nitrogens with zero attached hydrogens (tertiary/aromatic N) is 2. The predicted octanol–water partition coefficient (Wildman–Crippen LogP) is 28.0. The molecule has 0 spiro atoms. The Morgan fingerprint density at radius 1 is 0.279 bits per heavy atom. The van der Waals surface area contributed by atoms with E-state index in [4.69, 9.17) is 0 Å². The van der Waals surface area contributed by atoms with E-state index in [9.17, 15) is 0 Å². The molecule has 0 aliphatic carbocycles. The molecule has 4 rings (SSSR count). The van der Waals surface area contributed by atoms with E-state index >= 15 is 9.59 Å². The number of carbonyl (C=O) groups excluding carboxylic acids is 2. The van der Waals surface area contributed by atoms with Gasteiger partial charge in [0, 0.05) is 33.2 Å². The highest BCUT2D eigenvalue weighted by Gasteiger charge is 2.42. The van der Waals surface area contributed by atoms with Crippen molar-refractivity contribution in [1.29, 1.82) is 0 Å². The van der Waals surface area contributed by atoms with Crippen molar-refractivity contribution in [1.82, 2.24) is 0 Å². The van der Waals surface area contributed by atoms with Gasteiger partial charge in [0.25, 0.3) is 11.8 Å². The molecule has 2 aromatic carbocycles. The minimum absolute atomic E-state index is 0.000481. The number of amides is 2. The van der Waals surface area contributed by atoms with Gasteiger partial charge in [-0.3, -0.25) is 9.59 Å². The fraction of sp³-hybridized carbons (Fsp3) is 0.800. The Hall–Kier alpha value is -1.92. The van der Waals surface area contributed by atoms with Crippen LogP contribution in [0.15, 0.2) is 45.3 Å². The topological polar surface area (TPSA) is 40.6 Å². The lowest BCUT2D eigenvalue weighted by Gasteiger charge is -2.21. The zero-order valence-electron chi connectivity index (χ0n) is 57.1. The average molecular weight is 1320 g/mol. The van der Waals surface area contributed by atoms with Gasteiger partial charge in [0.05, 0.1) is 22.5 Å². The molecule has 2 aliphatic heterocycles. The first kappa shape index (κ1) is 76.5. The fourth-order valence-corrected chi connectivity index (χ4v) is 15.3. The normalized spacial score (nSPS) is 14.1. The molecule has 0 saturated heterocycles. The van der Waals surface area contributed by atoms with E-state index in [1.54, 1.807) is 0 Å². The minimum atomic E-state index is 0.000481. The van der Waals surface area contributed by atoms with Crippen LogP contribution in [0.4, 0.5) is 11.4 Å². The van der Waals surface area contributed by atoms with Gasteiger partial charge in [0.1, 0.15) is 0 Å². The first-order valence-electron chi connectivity index (χ1n) is 38.3. The van der Waals surface area contributed by atoms with Crippen LogP contribution in [0.25, 0.3) is 11.1 Å². The summed E-state index contributed by atoms with van der Waals surface area (Å²) >= 11 is 7.59. The summed E-state index contributed by atoms with van der Waals surface area (Å²) in [6, 6.07) is 12.6. The molecule has 4 nitrogen and oxygen atoms in total. The number of rotatable bonds is 60. The molecule has 0 unspecified atom stereocenters. The Bertz CT molecular complexity index is 1830. The third-order valence-electron chi connectivity index (χ3n) is 20.1. The molecule has 0 aromatic heterocycles. The van der Waals surface area contributed by atoms with Gasteiger partial charge in [0.2, 0.25) is 0 Å². The summed E-state index contributed by atoms with van der Waals surface area (Å²) in [5.41, 5.74) is 4.93. The Morgan fingerprint density at radius 2 is 0.477 bits per heavy atom. The molecule has 6 heteroatoms. The molecule has 0 saturated carbocycles. The lowest BCUT2D eigenvalue weighted by molar-refractivity contribution is -0.114. The van der Waals surface area contributed by atoms with Crippen LogP contribution < -0.4 is 9.80 Å². The molecule has 2 aliphatic rings. The maximum Gasteiger partial charge on any atom is 0.259 e. The number of hydrogen-bond donors (Lipinski definition) is 0. The average Bonchev–Trinajstić information content (AvgIpc) is 1.61. The fourth-order valence-electron chi connectivity index (χ4n) is 14.6. The second-order valence-corrected chi connectivity index (χ2v) is 29.5. The molecule has 0 fully saturated rings. The smallest absolute Gasteiger partial charge is 0.259 e. The summed E-state index contributed by atoms with van der Waals surface area (Å²) in [6.45, 7) is 10.6. The van der Waals surface area contributed by atoms with E-state index in [0.29, 0.717) is 36.1 Å². The number of fused-ring (bicyclic) bond motifs is 2. The SMILES string of the molecule is CCCCCCCCCCCCCCC(CCCCCCCCCCCCCC)CCCN1C(=O)/C(=C2/C(=O)N(CCCC(CCCCCCCCCCCCCC)CCCCCCCCCCCCCC)c3cc(Br)ccc32)c2ccc(Br)cc21. The lowest BCUT2D eigenvalue weighted by Crippen LogP contribution is -2.30. The molecule has 2 heterocycles. The van der Waals surface area contributed by atoms with Crippen molar-refractivity contribution in [3.8, 4) is 0 Å². The number of benzene rings is 2. The van der Waals surface area contributed by atoms with Crippen LogP contribution in [0.1, 0.15) is 398 Å². The van der Waals surface area contributed by atoms with E-state index in [1.807, 2.05) is 9.80 Å². The molecule has 2 aromatic rings. The van der Waals surface area contributed by atoms with Gasteiger partial charge in [-0.05, 0) is 61.8 Å². The standard InChI is InChI=1S/C80H136Br2N2O2/c1-5-9-13-17-21-25-29-33-37-41-45-49-55-69(56-50-46-42-38-34-30-26-22-18-14-10-6-2)59-53-65-83-75-67-71(81)61-63-73(75)77(79(83)85)78-74-64-62-72(82)68-76(74)84(80(78)86)66-54-60-70(57-51-47-43-39-35-31-27-23-19-15-11-7-3)58-52-48-44-40-36-32-28-24-20-16-12-8-4/h61-64,67-70H,5-60,65-66H2,1-4H3/b78-77+. The summed E-state index contributed by atoms with van der Waals surface area (Å²) in [5, 5.41) is 0. The molecular weight excluding hydrogens is 1180 g/mol. The maximum atomic E-state index is 15.1. The molecule has 0 N–H and O–H groups in total. The lowest BCUT2D eigenvalue weighted by atomic mass is 9.90. The predicted molar refractivity (Wildman–Crippen MR) is 388 cm³/mol. The number of unbranched alkanes of at least 4 members (excludes halogenated alkanes) is 44. The summed E-state index contributed by atoms with van der Waals surface area (Å²) in [7, 11) is 0. The molecule has 0 bridgehead atoms. The van der Waals surface area contributed by atoms with Crippen molar-refractivity contribution >= 4 is 66.2 Å². The molecule has 492 valence electrons. The van der Waals surface area contributed by atoms with Gasteiger partial charge in [-0.1, -0.05) is 406 Å². The van der Waals surface area contributed by atoms with E-state index in [2.05, 4.69) is 96.0 Å². The zero-order chi connectivity index (χ0) is 61.3. The molecule has 86 heavy (non-hydrogen) atoms. The summed E-state index contributed by atoms with van der Waals surface area (Å²) in [5.74, 6) is 1.42. The highest BCUT2D eigenvalue weighted by Crippen LogP contribution is 2.48. The molecular formula is C80H136Br2N2O2. The van der Waals surface area contributed by atoms with Crippen LogP contribution >= 0.6 is 31.9 Å². The van der Waals surface area contributed by atoms with Gasteiger partial charge in [0.15, 0.2) is 0 Å². The van der Waals surface area contributed by atoms with Crippen molar-refractivity contribution < 1.29 is 9.59 Å². The van der Waals surface area contributed by atoms with E-state index in [-0.39, 0.29) is 11.8 Å². The second-order valence-electron chi connectivity index (χ2n) is 27.7. The highest BCUT2D eigenvalue weighted by atomic mass is 79.9. The van der Waals surface area contributed by atoms with Crippen molar-refractivity contribution in [3.05, 3.63) is 56.5 Å². The van der Waals surface area contributed by atoms with E-state index < -0.39 is 0 Å². The van der Waals surface area contributed by atoms with Crippen LogP contribution in [-0.4, -0.2) is 24.9 Å². The van der Waals surface area contributed by atoms with Crippen molar-refractivity contribution in [2.75, 3.05) is 22.9 Å². The Morgan fingerprint density at radius 3 is 0.698 bits per heavy atom.